The molecule has 1 aliphatic carbocycles. The van der Waals surface area contributed by atoms with Gasteiger partial charge in [0.1, 0.15) is 22.3 Å². The second kappa shape index (κ2) is 17.3. The molecule has 0 unspecified atom stereocenters. The van der Waals surface area contributed by atoms with Gasteiger partial charge in [-0.15, -0.1) is 0 Å². The topological polar surface area (TPSA) is 91.7 Å². The highest BCUT2D eigenvalue weighted by Gasteiger charge is 2.37. The van der Waals surface area contributed by atoms with Crippen LogP contribution in [0.1, 0.15) is 54.0 Å². The lowest BCUT2D eigenvalue weighted by Crippen LogP contribution is -2.53. The van der Waals surface area contributed by atoms with Gasteiger partial charge in [-0.3, -0.25) is 14.6 Å². The van der Waals surface area contributed by atoms with Crippen molar-refractivity contribution in [1.82, 2.24) is 4.90 Å². The van der Waals surface area contributed by atoms with E-state index in [2.05, 4.69) is 9.88 Å². The van der Waals surface area contributed by atoms with Crippen molar-refractivity contribution in [3.05, 3.63) is 117 Å². The number of pyridine rings is 1. The number of hydrogen-bond donors (Lipinski definition) is 0. The molecule has 284 valence electrons. The number of piperidine rings is 3. The van der Waals surface area contributed by atoms with Crippen LogP contribution < -0.4 is 19.4 Å². The third-order valence-electron chi connectivity index (χ3n) is 10.2. The Bertz CT molecular complexity index is 1910. The van der Waals surface area contributed by atoms with E-state index in [1.165, 1.54) is 6.07 Å². The Morgan fingerprint density at radius 1 is 0.889 bits per heavy atom. The normalized spacial score (nSPS) is 19.6. The second-order valence-electron chi connectivity index (χ2n) is 14.1. The molecule has 3 saturated heterocycles. The molecule has 2 bridgehead atoms. The van der Waals surface area contributed by atoms with Gasteiger partial charge in [0.05, 0.1) is 19.6 Å². The first-order chi connectivity index (χ1) is 26.2. The van der Waals surface area contributed by atoms with E-state index < -0.39 is 24.8 Å². The van der Waals surface area contributed by atoms with E-state index >= 15 is 0 Å². The Labute approximate surface area is 323 Å². The van der Waals surface area contributed by atoms with Crippen molar-refractivity contribution < 1.29 is 42.3 Å². The van der Waals surface area contributed by atoms with E-state index in [4.69, 9.17) is 42.1 Å². The summed E-state index contributed by atoms with van der Waals surface area (Å²) >= 11 is 13.0. The van der Waals surface area contributed by atoms with Crippen molar-refractivity contribution in [2.24, 2.45) is 11.8 Å². The molecule has 3 aliphatic heterocycles. The number of anilines is 1. The third kappa shape index (κ3) is 9.80. The summed E-state index contributed by atoms with van der Waals surface area (Å²) in [5.74, 6) is 0.196. The fourth-order valence-corrected chi connectivity index (χ4v) is 7.63. The van der Waals surface area contributed by atoms with Crippen molar-refractivity contribution in [2.45, 2.75) is 63.9 Å². The number of nitrogens with one attached hydrogen (secondary N) is 1. The zero-order valence-corrected chi connectivity index (χ0v) is 31.1. The average molecular weight is 782 g/mol. The van der Waals surface area contributed by atoms with Gasteiger partial charge in [-0.1, -0.05) is 71.7 Å². The number of aromatic amines is 1. The molecule has 4 aromatic rings. The molecule has 3 aromatic carbocycles. The fourth-order valence-electron chi connectivity index (χ4n) is 7.10. The van der Waals surface area contributed by atoms with Gasteiger partial charge in [0.25, 0.3) is 0 Å². The van der Waals surface area contributed by atoms with Crippen molar-refractivity contribution in [1.29, 1.82) is 0 Å². The van der Waals surface area contributed by atoms with Gasteiger partial charge in [0.15, 0.2) is 23.9 Å². The summed E-state index contributed by atoms with van der Waals surface area (Å²) in [6, 6.07) is 21.3. The molecule has 1 amide bonds. The second-order valence-corrected chi connectivity index (χ2v) is 14.9. The predicted octanol–water partition coefficient (Wildman–Crippen LogP) is 8.50. The molecule has 2 atom stereocenters. The zero-order chi connectivity index (χ0) is 37.6. The lowest BCUT2D eigenvalue weighted by atomic mass is 9.86. The van der Waals surface area contributed by atoms with Gasteiger partial charge >= 0.3 is 18.7 Å². The lowest BCUT2D eigenvalue weighted by molar-refractivity contribution is -0.377. The monoisotopic (exact) mass is 780 g/mol. The summed E-state index contributed by atoms with van der Waals surface area (Å²) in [6.07, 6.45) is 5.76. The molecule has 8 rings (SSSR count). The average Bonchev–Trinajstić information content (AvgIpc) is 4.00. The number of aromatic nitrogens is 1. The molecule has 54 heavy (non-hydrogen) atoms. The quantitative estimate of drug-likeness (QED) is 0.112. The molecular weight excluding hydrogens is 739 g/mol. The Morgan fingerprint density at radius 3 is 2.31 bits per heavy atom. The van der Waals surface area contributed by atoms with E-state index in [1.807, 2.05) is 54.6 Å². The molecule has 1 aromatic heterocycles. The van der Waals surface area contributed by atoms with Crippen LogP contribution in [0.25, 0.3) is 0 Å². The van der Waals surface area contributed by atoms with Crippen LogP contribution in [0.15, 0.2) is 85.2 Å². The minimum atomic E-state index is -3.04. The molecule has 1 N–H and O–H groups in total. The number of para-hydroxylation sites is 1. The first-order valence-corrected chi connectivity index (χ1v) is 19.0. The number of hydrogen-bond acceptors (Lipinski definition) is 7. The largest absolute Gasteiger partial charge is 0.489 e. The van der Waals surface area contributed by atoms with Crippen molar-refractivity contribution in [3.63, 3.8) is 0 Å². The SMILES string of the molecule is O=C(Cc1cccc(CN(C(=O)O[C@H]2CN3CCC2CC3)c2ccccc2)c1)O[C@@H](Cc1c(Cl)c[nH+]cc1Cl)c1ccc(OC(F)F)c(OCC2CC2)c1. The van der Waals surface area contributed by atoms with Gasteiger partial charge in [-0.25, -0.2) is 9.78 Å². The van der Waals surface area contributed by atoms with Crippen LogP contribution in [0, 0.1) is 11.8 Å². The van der Waals surface area contributed by atoms with Crippen molar-refractivity contribution in [2.75, 3.05) is 31.1 Å². The highest BCUT2D eigenvalue weighted by molar-refractivity contribution is 6.35. The van der Waals surface area contributed by atoms with Crippen LogP contribution in [0.2, 0.25) is 10.0 Å². The van der Waals surface area contributed by atoms with Crippen LogP contribution in [-0.4, -0.2) is 55.9 Å². The zero-order valence-electron chi connectivity index (χ0n) is 29.6. The Morgan fingerprint density at radius 2 is 1.63 bits per heavy atom. The van der Waals surface area contributed by atoms with Crippen LogP contribution in [0.5, 0.6) is 11.5 Å². The summed E-state index contributed by atoms with van der Waals surface area (Å²) in [5, 5.41) is 0.684. The maximum atomic E-state index is 13.7. The number of rotatable bonds is 15. The molecule has 4 aliphatic rings. The number of alkyl halides is 2. The Balaban J connectivity index is 1.09. The highest BCUT2D eigenvalue weighted by atomic mass is 35.5. The van der Waals surface area contributed by atoms with Crippen LogP contribution >= 0.6 is 23.2 Å². The van der Waals surface area contributed by atoms with Gasteiger partial charge in [0.2, 0.25) is 0 Å². The third-order valence-corrected chi connectivity index (χ3v) is 10.9. The number of amides is 1. The molecular formula is C41H42Cl2F2N3O6+. The van der Waals surface area contributed by atoms with Crippen molar-refractivity contribution >= 4 is 41.0 Å². The van der Waals surface area contributed by atoms with Gasteiger partial charge in [-0.2, -0.15) is 8.78 Å². The molecule has 1 saturated carbocycles. The fraction of sp³-hybridized carbons (Fsp3) is 0.390. The summed E-state index contributed by atoms with van der Waals surface area (Å²) < 4.78 is 49.4. The van der Waals surface area contributed by atoms with E-state index in [1.54, 1.807) is 29.4 Å². The van der Waals surface area contributed by atoms with E-state index in [0.717, 1.165) is 50.9 Å². The minimum absolute atomic E-state index is 0.0820. The first-order valence-electron chi connectivity index (χ1n) is 18.3. The molecule has 13 heteroatoms. The summed E-state index contributed by atoms with van der Waals surface area (Å²) in [4.78, 5) is 34.3. The standard InChI is InChI=1S/C41H41Cl2F2N3O6/c42-33-21-46-22-34(43)32(33)20-36(30-11-12-35(53-40(44)45)37(19-30)51-25-26-9-10-26)52-39(49)18-27-5-4-6-28(17-27)23-48(31-7-2-1-3-8-31)41(50)54-38-24-47-15-13-29(38)14-16-47/h1-8,11-12,17,19,21-22,26,29,36,38,40H,9-10,13-16,18,20,23-25H2/p+1/t36-,38-/m0/s1. The number of carbonyl (C=O) groups excluding carboxylic acids is 2. The van der Waals surface area contributed by atoms with Gasteiger partial charge in [-0.05, 0) is 91.6 Å². The maximum absolute atomic E-state index is 13.7. The van der Waals surface area contributed by atoms with Crippen molar-refractivity contribution in [3.8, 4) is 11.5 Å². The molecule has 4 fully saturated rings. The molecule has 0 radical (unpaired) electrons. The Kier molecular flexibility index (Phi) is 12.2. The van der Waals surface area contributed by atoms with Crippen LogP contribution in [0.3, 0.4) is 0 Å². The summed E-state index contributed by atoms with van der Waals surface area (Å²) in [7, 11) is 0. The number of esters is 1. The molecule has 9 nitrogen and oxygen atoms in total. The van der Waals surface area contributed by atoms with Gasteiger partial charge < -0.3 is 18.9 Å². The van der Waals surface area contributed by atoms with E-state index in [-0.39, 0.29) is 37.0 Å². The number of ether oxygens (including phenoxy) is 4. The number of H-pyrrole nitrogens is 1. The lowest BCUT2D eigenvalue weighted by Gasteiger charge is -2.44. The van der Waals surface area contributed by atoms with E-state index in [0.29, 0.717) is 50.9 Å². The van der Waals surface area contributed by atoms with E-state index in [9.17, 15) is 18.4 Å². The van der Waals surface area contributed by atoms with Gasteiger partial charge in [0, 0.05) is 24.2 Å². The van der Waals surface area contributed by atoms with Crippen LogP contribution in [0.4, 0.5) is 19.3 Å². The number of nitrogens with zero attached hydrogens (tertiary/aromatic N) is 2. The molecule has 4 heterocycles. The summed E-state index contributed by atoms with van der Waals surface area (Å²) in [6.45, 7) is 0.381. The highest BCUT2D eigenvalue weighted by Crippen LogP contribution is 2.38. The number of fused-ring (bicyclic) bond motifs is 3. The first kappa shape index (κ1) is 37.8. The molecule has 0 spiro atoms. The number of benzene rings is 3. The minimum Gasteiger partial charge on any atom is -0.489 e. The number of halogens is 4. The van der Waals surface area contributed by atoms with Crippen LogP contribution in [-0.2, 0) is 33.7 Å². The predicted molar refractivity (Wildman–Crippen MR) is 199 cm³/mol. The number of carbonyl (C=O) groups is 2. The maximum Gasteiger partial charge on any atom is 0.414 e. The Hall–Kier alpha value is -4.45. The smallest absolute Gasteiger partial charge is 0.414 e. The summed E-state index contributed by atoms with van der Waals surface area (Å²) in [5.41, 5.74) is 3.21.